The molecular formula is C61H67Cl2F2N19O19S3. The molecule has 0 saturated heterocycles. The number of aryl methyl sites for hydroxylation is 4. The Bertz CT molecular complexity index is 5140. The maximum Gasteiger partial charge on any atom is 0.413 e. The molecule has 0 aliphatic rings. The summed E-state index contributed by atoms with van der Waals surface area (Å²) < 4.78 is 128. The predicted molar refractivity (Wildman–Crippen MR) is 370 cm³/mol. The molecule has 10 heterocycles. The normalized spacial score (nSPS) is 12.0. The summed E-state index contributed by atoms with van der Waals surface area (Å²) in [7, 11) is -4.76. The van der Waals surface area contributed by atoms with E-state index in [0.717, 1.165) is 49.6 Å². The van der Waals surface area contributed by atoms with Gasteiger partial charge in [0.15, 0.2) is 63.4 Å². The van der Waals surface area contributed by atoms with Crippen LogP contribution in [0, 0.1) is 11.6 Å². The first-order valence-corrected chi connectivity index (χ1v) is 36.1. The minimum Gasteiger partial charge on any atom is -0.505 e. The molecule has 0 radical (unpaired) electrons. The molecule has 0 fully saturated rings. The van der Waals surface area contributed by atoms with Crippen LogP contribution >= 0.6 is 23.2 Å². The van der Waals surface area contributed by atoms with E-state index >= 15 is 0 Å². The van der Waals surface area contributed by atoms with Gasteiger partial charge in [0.2, 0.25) is 0 Å². The van der Waals surface area contributed by atoms with E-state index in [9.17, 15) is 58.3 Å². The zero-order chi connectivity index (χ0) is 79.1. The summed E-state index contributed by atoms with van der Waals surface area (Å²) in [5.74, 6) is -2.57. The summed E-state index contributed by atoms with van der Waals surface area (Å²) >= 11 is 11.5. The number of carbonyl (C=O) groups excluding carboxylic acids is 3. The van der Waals surface area contributed by atoms with Crippen LogP contribution in [0.3, 0.4) is 0 Å². The number of aliphatic hydroxyl groups excluding tert-OH is 1. The Labute approximate surface area is 613 Å². The van der Waals surface area contributed by atoms with Crippen molar-refractivity contribution in [1.29, 1.82) is 0 Å². The lowest BCUT2D eigenvalue weighted by atomic mass is 10.2. The van der Waals surface area contributed by atoms with Crippen molar-refractivity contribution in [1.82, 2.24) is 89.0 Å². The summed E-state index contributed by atoms with van der Waals surface area (Å²) in [5.41, 5.74) is 1.04. The Morgan fingerprint density at radius 3 is 1.13 bits per heavy atom. The van der Waals surface area contributed by atoms with Gasteiger partial charge in [0.1, 0.15) is 45.1 Å². The lowest BCUT2D eigenvalue weighted by molar-refractivity contribution is 0.00457. The van der Waals surface area contributed by atoms with Gasteiger partial charge in [-0.05, 0) is 67.5 Å². The number of carbonyl (C=O) groups is 4. The van der Waals surface area contributed by atoms with E-state index in [1.54, 1.807) is 62.7 Å². The molecule has 4 N–H and O–H groups in total. The van der Waals surface area contributed by atoms with Gasteiger partial charge >= 0.3 is 54.4 Å². The molecule has 1 amide bonds. The van der Waals surface area contributed by atoms with E-state index in [-0.39, 0.29) is 84.8 Å². The zero-order valence-corrected chi connectivity index (χ0v) is 62.5. The van der Waals surface area contributed by atoms with Crippen LogP contribution in [0.4, 0.5) is 19.4 Å². The molecule has 0 spiro atoms. The number of aromatic hydroxyl groups is 1. The van der Waals surface area contributed by atoms with Gasteiger partial charge in [0.25, 0.3) is 0 Å². The van der Waals surface area contributed by atoms with Gasteiger partial charge in [-0.1, -0.05) is 23.2 Å². The number of aliphatic hydroxyl groups is 1. The predicted octanol–water partition coefficient (Wildman–Crippen LogP) is 7.26. The number of carboxylic acid groups (broad SMARTS) is 1. The zero-order valence-electron chi connectivity index (χ0n) is 58.6. The molecule has 0 aliphatic heterocycles. The molecule has 10 rings (SSSR count). The second-order valence-electron chi connectivity index (χ2n) is 23.7. The standard InChI is InChI=1S/C17H16ClFN6O5S.C14H18N4O5S.C13H16N4O3.C10H10N4O5S.C7H7ClFNO/c1-9(12-4-10(19)5-20-14(12)18)29-17(26)24-16-13(8-23-25(16)2)15-21-6-11(7-22-15)30-31(3,27)28;1-14(2,3)22-13(19)11-10(8-17-18(11)4)12-15-6-9(7-16-12)23-24(5,20)21;1-13(2,3)20-12(19)10-9(7-16-17(10)4)11-14-5-8(18)6-15-11;1-14-8(10(15)16)7(5-13-14)9-11-3-6(4-12-9)19-20(2,17)18;1-4(11)6-2-5(9)3-10-7(6)8/h4-9H,1-3H3,(H,24,26);6-8H,1-5H3;5-7,18H,1-4H3;3-5H,1-2H3,(H,15,16);2-4,11H,1H3/t9-;;;;4-/m1...1/s1. The highest BCUT2D eigenvalue weighted by Crippen LogP contribution is 2.31. The van der Waals surface area contributed by atoms with Crippen LogP contribution in [0.5, 0.6) is 23.0 Å². The van der Waals surface area contributed by atoms with Crippen molar-refractivity contribution in [3.63, 3.8) is 0 Å². The van der Waals surface area contributed by atoms with Crippen molar-refractivity contribution in [3.05, 3.63) is 149 Å². The first-order valence-electron chi connectivity index (χ1n) is 29.9. The average Bonchev–Trinajstić information content (AvgIpc) is 1.67. The number of amides is 1. The van der Waals surface area contributed by atoms with E-state index in [1.165, 1.54) is 108 Å². The molecule has 10 aromatic rings. The van der Waals surface area contributed by atoms with Gasteiger partial charge in [0, 0.05) is 39.3 Å². The SMILES string of the molecule is C[C@@H](O)c1cc(F)cnc1Cl.C[C@@H](OC(=O)Nc1c(-c2ncc(OS(C)(=O)=O)cn2)cnn1C)c1cc(F)cnc1Cl.Cn1ncc(-c2ncc(O)cn2)c1C(=O)OC(C)(C)C.Cn1ncc(-c2ncc(OS(C)(=O)=O)cn2)c1C(=O)O.Cn1ncc(-c2ncc(OS(C)(=O)=O)cn2)c1C(=O)OC(C)(C)C. The molecule has 0 saturated carbocycles. The number of esters is 2. The number of aromatic carboxylic acids is 1. The van der Waals surface area contributed by atoms with Gasteiger partial charge in [-0.2, -0.15) is 45.6 Å². The van der Waals surface area contributed by atoms with Crippen molar-refractivity contribution < 1.29 is 95.3 Å². The number of ether oxygens (including phenoxy) is 3. The third-order valence-electron chi connectivity index (χ3n) is 12.4. The first kappa shape index (κ1) is 83.5. The van der Waals surface area contributed by atoms with E-state index in [4.69, 9.17) is 51.8 Å². The molecule has 2 atom stereocenters. The van der Waals surface area contributed by atoms with Gasteiger partial charge in [-0.25, -0.2) is 77.8 Å². The molecule has 0 unspecified atom stereocenters. The minimum atomic E-state index is -3.72. The Balaban J connectivity index is 0.000000214. The third kappa shape index (κ3) is 25.2. The fourth-order valence-electron chi connectivity index (χ4n) is 8.23. The second kappa shape index (κ2) is 34.9. The smallest absolute Gasteiger partial charge is 0.413 e. The summed E-state index contributed by atoms with van der Waals surface area (Å²) in [6.45, 7) is 13.7. The van der Waals surface area contributed by atoms with Crippen LogP contribution in [0.2, 0.25) is 10.3 Å². The molecule has 0 bridgehead atoms. The summed E-state index contributed by atoms with van der Waals surface area (Å²) in [6.07, 6.45) is 17.3. The van der Waals surface area contributed by atoms with Gasteiger partial charge in [-0.3, -0.25) is 24.0 Å². The summed E-state index contributed by atoms with van der Waals surface area (Å²) in [5, 5.41) is 45.9. The highest BCUT2D eigenvalue weighted by molar-refractivity contribution is 7.86. The molecule has 10 aromatic heterocycles. The van der Waals surface area contributed by atoms with Crippen LogP contribution in [-0.2, 0) is 72.8 Å². The van der Waals surface area contributed by atoms with Gasteiger partial charge < -0.3 is 42.1 Å². The minimum absolute atomic E-state index is 0.00715. The van der Waals surface area contributed by atoms with Gasteiger partial charge in [0.05, 0.1) is 134 Å². The van der Waals surface area contributed by atoms with Crippen molar-refractivity contribution in [2.24, 2.45) is 28.2 Å². The van der Waals surface area contributed by atoms with Gasteiger partial charge in [-0.15, -0.1) is 0 Å². The second-order valence-corrected chi connectivity index (χ2v) is 29.1. The van der Waals surface area contributed by atoms with Crippen LogP contribution in [0.15, 0.2) is 98.9 Å². The maximum atomic E-state index is 13.4. The average molecular weight is 1580 g/mol. The molecule has 38 nitrogen and oxygen atoms in total. The number of halogens is 4. The van der Waals surface area contributed by atoms with Crippen LogP contribution in [-0.4, -0.2) is 184 Å². The largest absolute Gasteiger partial charge is 0.505 e. The number of aromatic nitrogens is 18. The highest BCUT2D eigenvalue weighted by atomic mass is 35.5. The number of nitrogens with zero attached hydrogens (tertiary/aromatic N) is 18. The Morgan fingerprint density at radius 1 is 0.481 bits per heavy atom. The number of carboxylic acids is 1. The van der Waals surface area contributed by atoms with Crippen LogP contribution in [0.25, 0.3) is 45.6 Å². The van der Waals surface area contributed by atoms with Crippen molar-refractivity contribution in [2.45, 2.75) is 78.8 Å². The molecule has 566 valence electrons. The van der Waals surface area contributed by atoms with E-state index in [0.29, 0.717) is 28.1 Å². The number of anilines is 1. The molecule has 0 aromatic carbocycles. The monoisotopic (exact) mass is 1570 g/mol. The lowest BCUT2D eigenvalue weighted by Crippen LogP contribution is -2.25. The van der Waals surface area contributed by atoms with E-state index < -0.39 is 89.4 Å². The van der Waals surface area contributed by atoms with Crippen molar-refractivity contribution in [3.8, 4) is 68.5 Å². The fraction of sp³-hybridized carbons (Fsp3) is 0.311. The van der Waals surface area contributed by atoms with Crippen molar-refractivity contribution in [2.75, 3.05) is 24.1 Å². The Kier molecular flexibility index (Phi) is 27.5. The van der Waals surface area contributed by atoms with Crippen molar-refractivity contribution >= 4 is 83.4 Å². The Morgan fingerprint density at radius 2 is 0.792 bits per heavy atom. The molecule has 0 aliphatic carbocycles. The number of rotatable bonds is 17. The quantitative estimate of drug-likeness (QED) is 0.0301. The lowest BCUT2D eigenvalue weighted by Gasteiger charge is -2.19. The van der Waals surface area contributed by atoms with Crippen LogP contribution in [0.1, 0.15) is 110 Å². The summed E-state index contributed by atoms with van der Waals surface area (Å²) in [4.78, 5) is 87.1. The maximum absolute atomic E-state index is 13.4. The third-order valence-corrected chi connectivity index (χ3v) is 14.5. The number of hydrogen-bond acceptors (Lipinski definition) is 32. The fourth-order valence-corrected chi connectivity index (χ4v) is 10.1. The van der Waals surface area contributed by atoms with E-state index in [1.807, 2.05) is 0 Å². The van der Waals surface area contributed by atoms with E-state index in [2.05, 4.69) is 83.9 Å². The summed E-state index contributed by atoms with van der Waals surface area (Å²) in [6, 6.07) is 2.29. The Hall–Kier alpha value is -11.4. The highest BCUT2D eigenvalue weighted by Gasteiger charge is 2.29. The molecule has 106 heavy (non-hydrogen) atoms. The molecule has 45 heteroatoms. The first-order chi connectivity index (χ1) is 49.2. The number of pyridine rings is 2. The number of hydrogen-bond donors (Lipinski definition) is 4. The topological polar surface area (TPSA) is 499 Å². The number of nitrogens with one attached hydrogen (secondary N) is 1. The molecular weight excluding hydrogens is 1510 g/mol. The van der Waals surface area contributed by atoms with Crippen LogP contribution < -0.4 is 17.9 Å².